The first kappa shape index (κ1) is 21.0. The predicted molar refractivity (Wildman–Crippen MR) is 116 cm³/mol. The van der Waals surface area contributed by atoms with E-state index in [-0.39, 0.29) is 17.7 Å². The Morgan fingerprint density at radius 1 is 1.13 bits per heavy atom. The molecule has 2 aromatic heterocycles. The van der Waals surface area contributed by atoms with Crippen molar-refractivity contribution in [2.24, 2.45) is 19.2 Å². The SMILES string of the molecule is CCN(CC)c1ccc(/C=N/NC(=O)Cn2cnc3c(=O)n(C)c(=O)n(C)c32)cc1. The average molecular weight is 411 g/mol. The summed E-state index contributed by atoms with van der Waals surface area (Å²) in [6, 6.07) is 7.88. The number of benzene rings is 1. The molecule has 0 aliphatic heterocycles. The third kappa shape index (κ3) is 4.02. The van der Waals surface area contributed by atoms with Gasteiger partial charge in [0.25, 0.3) is 11.5 Å². The number of hydrazone groups is 1. The van der Waals surface area contributed by atoms with Crippen molar-refractivity contribution in [3.05, 3.63) is 57.0 Å². The van der Waals surface area contributed by atoms with Crippen LogP contribution < -0.4 is 21.6 Å². The fourth-order valence-corrected chi connectivity index (χ4v) is 3.28. The zero-order chi connectivity index (χ0) is 21.8. The Kier molecular flexibility index (Phi) is 6.14. The molecule has 1 aromatic carbocycles. The van der Waals surface area contributed by atoms with Crippen LogP contribution in [0.5, 0.6) is 0 Å². The molecule has 3 aromatic rings. The number of aryl methyl sites for hydroxylation is 1. The van der Waals surface area contributed by atoms with Gasteiger partial charge in [-0.1, -0.05) is 12.1 Å². The molecule has 1 amide bonds. The van der Waals surface area contributed by atoms with Gasteiger partial charge in [-0.25, -0.2) is 15.2 Å². The molecule has 0 saturated carbocycles. The Bertz CT molecular complexity index is 1200. The van der Waals surface area contributed by atoms with Crippen LogP contribution >= 0.6 is 0 Å². The second kappa shape index (κ2) is 8.76. The molecule has 3 rings (SSSR count). The number of carbonyl (C=O) groups is 1. The van der Waals surface area contributed by atoms with E-state index in [2.05, 4.69) is 34.3 Å². The lowest BCUT2D eigenvalue weighted by atomic mass is 10.2. The van der Waals surface area contributed by atoms with E-state index in [1.165, 1.54) is 29.6 Å². The summed E-state index contributed by atoms with van der Waals surface area (Å²) in [6.07, 6.45) is 2.92. The fourth-order valence-electron chi connectivity index (χ4n) is 3.28. The highest BCUT2D eigenvalue weighted by molar-refractivity contribution is 5.83. The minimum absolute atomic E-state index is 0.129. The van der Waals surface area contributed by atoms with Gasteiger partial charge in [-0.3, -0.25) is 18.7 Å². The number of hydrogen-bond acceptors (Lipinski definition) is 6. The van der Waals surface area contributed by atoms with Gasteiger partial charge in [-0.05, 0) is 31.5 Å². The van der Waals surface area contributed by atoms with Crippen LogP contribution in [0.2, 0.25) is 0 Å². The number of aromatic nitrogens is 4. The molecule has 0 radical (unpaired) electrons. The summed E-state index contributed by atoms with van der Waals surface area (Å²) < 4.78 is 3.72. The van der Waals surface area contributed by atoms with E-state index < -0.39 is 17.2 Å². The van der Waals surface area contributed by atoms with Crippen molar-refractivity contribution in [3.63, 3.8) is 0 Å². The summed E-state index contributed by atoms with van der Waals surface area (Å²) >= 11 is 0. The molecule has 0 saturated heterocycles. The van der Waals surface area contributed by atoms with Crippen LogP contribution in [0.25, 0.3) is 11.2 Å². The molecule has 0 fully saturated rings. The lowest BCUT2D eigenvalue weighted by molar-refractivity contribution is -0.121. The minimum Gasteiger partial charge on any atom is -0.372 e. The van der Waals surface area contributed by atoms with Gasteiger partial charge in [0.15, 0.2) is 5.52 Å². The summed E-state index contributed by atoms with van der Waals surface area (Å²) in [5.41, 5.74) is 3.86. The Morgan fingerprint density at radius 2 is 1.80 bits per heavy atom. The Labute approximate surface area is 173 Å². The summed E-state index contributed by atoms with van der Waals surface area (Å²) in [5, 5.41) is 3.98. The molecule has 0 atom stereocenters. The second-order valence-corrected chi connectivity index (χ2v) is 6.81. The molecular formula is C20H25N7O3. The number of fused-ring (bicyclic) bond motifs is 1. The van der Waals surface area contributed by atoms with Gasteiger partial charge < -0.3 is 9.47 Å². The maximum atomic E-state index is 12.3. The van der Waals surface area contributed by atoms with Gasteiger partial charge in [0.2, 0.25) is 0 Å². The van der Waals surface area contributed by atoms with Crippen LogP contribution in [0.4, 0.5) is 5.69 Å². The molecule has 0 spiro atoms. The third-order valence-corrected chi connectivity index (χ3v) is 4.95. The number of imidazole rings is 1. The van der Waals surface area contributed by atoms with Crippen molar-refractivity contribution < 1.29 is 4.79 Å². The van der Waals surface area contributed by atoms with Crippen molar-refractivity contribution in [1.29, 1.82) is 0 Å². The minimum atomic E-state index is -0.501. The summed E-state index contributed by atoms with van der Waals surface area (Å²) in [4.78, 5) is 42.9. The number of rotatable bonds is 7. The van der Waals surface area contributed by atoms with Gasteiger partial charge in [-0.2, -0.15) is 5.10 Å². The van der Waals surface area contributed by atoms with Crippen LogP contribution in [0.3, 0.4) is 0 Å². The number of amides is 1. The number of nitrogens with one attached hydrogen (secondary N) is 1. The van der Waals surface area contributed by atoms with E-state index in [9.17, 15) is 14.4 Å². The van der Waals surface area contributed by atoms with Crippen molar-refractivity contribution in [1.82, 2.24) is 24.1 Å². The Morgan fingerprint density at radius 3 is 2.43 bits per heavy atom. The van der Waals surface area contributed by atoms with Gasteiger partial charge in [0.1, 0.15) is 12.2 Å². The molecule has 10 heteroatoms. The summed E-state index contributed by atoms with van der Waals surface area (Å²) in [7, 11) is 2.92. The van der Waals surface area contributed by atoms with Crippen LogP contribution in [-0.2, 0) is 25.4 Å². The molecule has 1 N–H and O–H groups in total. The lowest BCUT2D eigenvalue weighted by Crippen LogP contribution is -2.37. The predicted octanol–water partition coefficient (Wildman–Crippen LogP) is 0.430. The normalized spacial score (nSPS) is 11.3. The van der Waals surface area contributed by atoms with Crippen LogP contribution in [-0.4, -0.2) is 43.9 Å². The van der Waals surface area contributed by atoms with E-state index in [4.69, 9.17) is 0 Å². The highest BCUT2D eigenvalue weighted by Crippen LogP contribution is 2.14. The average Bonchev–Trinajstić information content (AvgIpc) is 3.16. The molecule has 0 bridgehead atoms. The molecule has 10 nitrogen and oxygen atoms in total. The van der Waals surface area contributed by atoms with Gasteiger partial charge in [0, 0.05) is 32.9 Å². The highest BCUT2D eigenvalue weighted by Gasteiger charge is 2.15. The molecular weight excluding hydrogens is 386 g/mol. The molecule has 158 valence electrons. The third-order valence-electron chi connectivity index (χ3n) is 4.95. The Balaban J connectivity index is 1.70. The van der Waals surface area contributed by atoms with E-state index in [1.54, 1.807) is 6.21 Å². The smallest absolute Gasteiger partial charge is 0.332 e. The van der Waals surface area contributed by atoms with E-state index >= 15 is 0 Å². The monoisotopic (exact) mass is 411 g/mol. The standard InChI is InChI=1S/C20H25N7O3/c1-5-26(6-2)15-9-7-14(8-10-15)11-22-23-16(28)12-27-13-21-17-18(27)24(3)20(30)25(4)19(17)29/h7-11,13H,5-6,12H2,1-4H3,(H,23,28)/b22-11+. The maximum absolute atomic E-state index is 12.3. The quantitative estimate of drug-likeness (QED) is 0.448. The molecule has 0 unspecified atom stereocenters. The first-order chi connectivity index (χ1) is 14.4. The first-order valence-electron chi connectivity index (χ1n) is 9.65. The fraction of sp³-hybridized carbons (Fsp3) is 0.350. The summed E-state index contributed by atoms with van der Waals surface area (Å²) in [6.45, 7) is 5.94. The van der Waals surface area contributed by atoms with Crippen LogP contribution in [0.1, 0.15) is 19.4 Å². The number of carbonyl (C=O) groups excluding carboxylic acids is 1. The van der Waals surface area contributed by atoms with E-state index in [0.717, 1.165) is 28.9 Å². The van der Waals surface area contributed by atoms with E-state index in [0.29, 0.717) is 0 Å². The van der Waals surface area contributed by atoms with Gasteiger partial charge in [-0.15, -0.1) is 0 Å². The topological polar surface area (TPSA) is 107 Å². The first-order valence-corrected chi connectivity index (χ1v) is 9.65. The van der Waals surface area contributed by atoms with Crippen LogP contribution in [0, 0.1) is 0 Å². The number of nitrogens with zero attached hydrogens (tertiary/aromatic N) is 6. The van der Waals surface area contributed by atoms with Gasteiger partial charge in [0.05, 0.1) is 12.5 Å². The molecule has 0 aliphatic carbocycles. The van der Waals surface area contributed by atoms with Gasteiger partial charge >= 0.3 is 5.69 Å². The van der Waals surface area contributed by atoms with Crippen molar-refractivity contribution in [2.45, 2.75) is 20.4 Å². The zero-order valence-corrected chi connectivity index (χ0v) is 17.5. The summed E-state index contributed by atoms with van der Waals surface area (Å²) in [5.74, 6) is -0.404. The van der Waals surface area contributed by atoms with E-state index in [1.807, 2.05) is 24.3 Å². The number of anilines is 1. The van der Waals surface area contributed by atoms with Crippen molar-refractivity contribution >= 4 is 29.0 Å². The maximum Gasteiger partial charge on any atom is 0.332 e. The molecule has 0 aliphatic rings. The molecule has 30 heavy (non-hydrogen) atoms. The second-order valence-electron chi connectivity index (χ2n) is 6.81. The largest absolute Gasteiger partial charge is 0.372 e. The van der Waals surface area contributed by atoms with Crippen molar-refractivity contribution in [3.8, 4) is 0 Å². The zero-order valence-electron chi connectivity index (χ0n) is 17.5. The number of hydrogen-bond donors (Lipinski definition) is 1. The molecule has 2 heterocycles. The van der Waals surface area contributed by atoms with Crippen molar-refractivity contribution in [2.75, 3.05) is 18.0 Å². The lowest BCUT2D eigenvalue weighted by Gasteiger charge is -2.20. The van der Waals surface area contributed by atoms with Crippen LogP contribution in [0.15, 0.2) is 45.3 Å². The Hall–Kier alpha value is -3.69. The highest BCUT2D eigenvalue weighted by atomic mass is 16.2.